The maximum Gasteiger partial charge on any atom is 0.149 e. The van der Waals surface area contributed by atoms with Gasteiger partial charge in [-0.05, 0) is 19.1 Å². The summed E-state index contributed by atoms with van der Waals surface area (Å²) in [6.45, 7) is 1.98. The van der Waals surface area contributed by atoms with Crippen molar-refractivity contribution in [3.05, 3.63) is 24.3 Å². The van der Waals surface area contributed by atoms with Crippen LogP contribution in [0.25, 0.3) is 0 Å². The van der Waals surface area contributed by atoms with Crippen LogP contribution in [-0.2, 0) is 4.79 Å². The smallest absolute Gasteiger partial charge is 0.149 e. The van der Waals surface area contributed by atoms with E-state index in [1.165, 1.54) is 0 Å². The molecule has 0 saturated carbocycles. The van der Waals surface area contributed by atoms with Gasteiger partial charge in [-0.15, -0.1) is 0 Å². The van der Waals surface area contributed by atoms with Gasteiger partial charge in [0.2, 0.25) is 0 Å². The topological polar surface area (TPSA) is 29.5 Å². The van der Waals surface area contributed by atoms with Gasteiger partial charge in [-0.25, -0.2) is 0 Å². The Morgan fingerprint density at radius 2 is 2.07 bits per heavy atom. The first-order valence-electron chi connectivity index (χ1n) is 4.48. The molecule has 76 valence electrons. The van der Waals surface area contributed by atoms with Crippen molar-refractivity contribution >= 4 is 11.5 Å². The molecule has 0 heterocycles. The highest BCUT2D eigenvalue weighted by Gasteiger charge is 2.07. The summed E-state index contributed by atoms with van der Waals surface area (Å²) in [4.78, 5) is 12.8. The predicted molar refractivity (Wildman–Crippen MR) is 56.9 cm³/mol. The Hall–Kier alpha value is -1.51. The van der Waals surface area contributed by atoms with Gasteiger partial charge < -0.3 is 9.64 Å². The number of carbonyl (C=O) groups excluding carboxylic acids is 1. The minimum atomic E-state index is 0.137. The Balaban J connectivity index is 2.87. The SMILES string of the molecule is COc1ccccc1N(C)CC(C)=O. The normalized spacial score (nSPS) is 9.64. The van der Waals surface area contributed by atoms with Crippen molar-refractivity contribution in [2.45, 2.75) is 6.92 Å². The second kappa shape index (κ2) is 4.65. The fraction of sp³-hybridized carbons (Fsp3) is 0.364. The molecule has 0 spiro atoms. The van der Waals surface area contributed by atoms with Crippen LogP contribution >= 0.6 is 0 Å². The van der Waals surface area contributed by atoms with Gasteiger partial charge in [0, 0.05) is 7.05 Å². The molecule has 0 aliphatic carbocycles. The minimum Gasteiger partial charge on any atom is -0.495 e. The van der Waals surface area contributed by atoms with E-state index in [9.17, 15) is 4.79 Å². The number of nitrogens with zero attached hydrogens (tertiary/aromatic N) is 1. The molecule has 1 rings (SSSR count). The molecule has 14 heavy (non-hydrogen) atoms. The number of Topliss-reactive ketones (excluding diaryl/α,β-unsaturated/α-hetero) is 1. The predicted octanol–water partition coefficient (Wildman–Crippen LogP) is 1.72. The molecule has 0 atom stereocenters. The number of likely N-dealkylation sites (N-methyl/N-ethyl adjacent to an activating group) is 1. The first-order valence-corrected chi connectivity index (χ1v) is 4.48. The van der Waals surface area contributed by atoms with Gasteiger partial charge in [0.15, 0.2) is 0 Å². The van der Waals surface area contributed by atoms with Crippen LogP contribution in [-0.4, -0.2) is 26.5 Å². The summed E-state index contributed by atoms with van der Waals surface area (Å²) in [7, 11) is 3.50. The molecule has 3 heteroatoms. The van der Waals surface area contributed by atoms with Crippen molar-refractivity contribution < 1.29 is 9.53 Å². The molecule has 0 aromatic heterocycles. The number of para-hydroxylation sites is 2. The maximum atomic E-state index is 10.9. The number of hydrogen-bond acceptors (Lipinski definition) is 3. The van der Waals surface area contributed by atoms with Crippen molar-refractivity contribution in [1.29, 1.82) is 0 Å². The monoisotopic (exact) mass is 193 g/mol. The van der Waals surface area contributed by atoms with Gasteiger partial charge in [0.25, 0.3) is 0 Å². The maximum absolute atomic E-state index is 10.9. The number of ketones is 1. The molecule has 1 aromatic carbocycles. The first-order chi connectivity index (χ1) is 6.65. The molecule has 0 aliphatic heterocycles. The van der Waals surface area contributed by atoms with Crippen molar-refractivity contribution in [1.82, 2.24) is 0 Å². The number of hydrogen-bond donors (Lipinski definition) is 0. The zero-order chi connectivity index (χ0) is 10.6. The van der Waals surface area contributed by atoms with Crippen molar-refractivity contribution in [2.75, 3.05) is 25.6 Å². The highest BCUT2D eigenvalue weighted by molar-refractivity contribution is 5.81. The van der Waals surface area contributed by atoms with E-state index in [1.807, 2.05) is 36.2 Å². The number of rotatable bonds is 4. The van der Waals surface area contributed by atoms with E-state index in [-0.39, 0.29) is 5.78 Å². The Labute approximate surface area is 84.3 Å². The van der Waals surface area contributed by atoms with Crippen LogP contribution in [0.3, 0.4) is 0 Å². The van der Waals surface area contributed by atoms with Crippen LogP contribution in [0.15, 0.2) is 24.3 Å². The van der Waals surface area contributed by atoms with Gasteiger partial charge in [-0.2, -0.15) is 0 Å². The number of methoxy groups -OCH3 is 1. The molecule has 0 saturated heterocycles. The summed E-state index contributed by atoms with van der Waals surface area (Å²) in [6, 6.07) is 7.65. The largest absolute Gasteiger partial charge is 0.495 e. The molecule has 0 amide bonds. The van der Waals surface area contributed by atoms with E-state index in [0.717, 1.165) is 11.4 Å². The third-order valence-electron chi connectivity index (χ3n) is 1.96. The minimum absolute atomic E-state index is 0.137. The molecule has 0 N–H and O–H groups in total. The summed E-state index contributed by atoms with van der Waals surface area (Å²) in [6.07, 6.45) is 0. The molecule has 1 aromatic rings. The second-order valence-electron chi connectivity index (χ2n) is 3.23. The lowest BCUT2D eigenvalue weighted by atomic mass is 10.2. The fourth-order valence-electron chi connectivity index (χ4n) is 1.36. The van der Waals surface area contributed by atoms with E-state index >= 15 is 0 Å². The third kappa shape index (κ3) is 2.49. The molecule has 0 aliphatic rings. The Bertz CT molecular complexity index is 323. The van der Waals surface area contributed by atoms with Gasteiger partial charge in [-0.1, -0.05) is 12.1 Å². The summed E-state index contributed by atoms with van der Waals surface area (Å²) < 4.78 is 5.20. The summed E-state index contributed by atoms with van der Waals surface area (Å²) in [5.74, 6) is 0.926. The van der Waals surface area contributed by atoms with Gasteiger partial charge >= 0.3 is 0 Å². The zero-order valence-corrected chi connectivity index (χ0v) is 8.78. The Morgan fingerprint density at radius 3 is 2.64 bits per heavy atom. The molecular weight excluding hydrogens is 178 g/mol. The molecule has 0 unspecified atom stereocenters. The highest BCUT2D eigenvalue weighted by atomic mass is 16.5. The van der Waals surface area contributed by atoms with Crippen LogP contribution in [0.1, 0.15) is 6.92 Å². The van der Waals surface area contributed by atoms with Crippen LogP contribution in [0.5, 0.6) is 5.75 Å². The molecular formula is C11H15NO2. The van der Waals surface area contributed by atoms with E-state index in [2.05, 4.69) is 0 Å². The second-order valence-corrected chi connectivity index (χ2v) is 3.23. The quantitative estimate of drug-likeness (QED) is 0.729. The third-order valence-corrected chi connectivity index (χ3v) is 1.96. The van der Waals surface area contributed by atoms with Crippen LogP contribution in [0.4, 0.5) is 5.69 Å². The summed E-state index contributed by atoms with van der Waals surface area (Å²) in [5.41, 5.74) is 0.935. The highest BCUT2D eigenvalue weighted by Crippen LogP contribution is 2.26. The Kier molecular flexibility index (Phi) is 3.51. The van der Waals surface area contributed by atoms with Gasteiger partial charge in [0.1, 0.15) is 11.5 Å². The lowest BCUT2D eigenvalue weighted by Crippen LogP contribution is -2.24. The van der Waals surface area contributed by atoms with Crippen LogP contribution < -0.4 is 9.64 Å². The fourth-order valence-corrected chi connectivity index (χ4v) is 1.36. The summed E-state index contributed by atoms with van der Waals surface area (Å²) in [5, 5.41) is 0. The van der Waals surface area contributed by atoms with E-state index in [4.69, 9.17) is 4.74 Å². The standard InChI is InChI=1S/C11H15NO2/c1-9(13)8-12(2)10-6-4-5-7-11(10)14-3/h4-7H,8H2,1-3H3. The number of anilines is 1. The van der Waals surface area contributed by atoms with Crippen LogP contribution in [0.2, 0.25) is 0 Å². The zero-order valence-electron chi connectivity index (χ0n) is 8.78. The van der Waals surface area contributed by atoms with Gasteiger partial charge in [0.05, 0.1) is 19.3 Å². The number of ether oxygens (including phenoxy) is 1. The first kappa shape index (κ1) is 10.6. The molecule has 0 bridgehead atoms. The number of benzene rings is 1. The molecule has 0 radical (unpaired) electrons. The average Bonchev–Trinajstić information content (AvgIpc) is 2.16. The van der Waals surface area contributed by atoms with Crippen LogP contribution in [0, 0.1) is 0 Å². The van der Waals surface area contributed by atoms with Crippen molar-refractivity contribution in [3.63, 3.8) is 0 Å². The van der Waals surface area contributed by atoms with E-state index < -0.39 is 0 Å². The van der Waals surface area contributed by atoms with Gasteiger partial charge in [-0.3, -0.25) is 4.79 Å². The van der Waals surface area contributed by atoms with Crippen molar-refractivity contribution in [3.8, 4) is 5.75 Å². The molecule has 3 nitrogen and oxygen atoms in total. The molecule has 0 fully saturated rings. The van der Waals surface area contributed by atoms with E-state index in [0.29, 0.717) is 6.54 Å². The average molecular weight is 193 g/mol. The van der Waals surface area contributed by atoms with E-state index in [1.54, 1.807) is 14.0 Å². The Morgan fingerprint density at radius 1 is 1.43 bits per heavy atom. The summed E-state index contributed by atoms with van der Waals surface area (Å²) >= 11 is 0. The van der Waals surface area contributed by atoms with Crippen molar-refractivity contribution in [2.24, 2.45) is 0 Å². The number of carbonyl (C=O) groups is 1. The lowest BCUT2D eigenvalue weighted by Gasteiger charge is -2.19. The lowest BCUT2D eigenvalue weighted by molar-refractivity contribution is -0.115.